The molecule has 0 N–H and O–H groups in total. The molecule has 0 aromatic rings. The van der Waals surface area contributed by atoms with E-state index in [-0.39, 0.29) is 31.1 Å². The third-order valence-corrected chi connectivity index (χ3v) is 11.4. The molecule has 1 atom stereocenters. The number of carbonyl (C=O) groups is 3. The molecule has 6 heteroatoms. The van der Waals surface area contributed by atoms with Gasteiger partial charge in [0.1, 0.15) is 13.2 Å². The first-order chi connectivity index (χ1) is 30.0. The fourth-order valence-corrected chi connectivity index (χ4v) is 7.51. The van der Waals surface area contributed by atoms with Gasteiger partial charge in [-0.25, -0.2) is 0 Å². The first-order valence-electron chi connectivity index (χ1n) is 26.2. The Kier molecular flexibility index (Phi) is 47.9. The van der Waals surface area contributed by atoms with Gasteiger partial charge in [0.05, 0.1) is 0 Å². The van der Waals surface area contributed by atoms with E-state index in [2.05, 4.69) is 51.2 Å². The Bertz CT molecular complexity index is 1070. The standard InChI is InChI=1S/C55H98O6/c1-4-7-10-13-16-19-22-25-27-29-30-33-36-39-42-45-48-54(57)60-51-52(50-59-53(56)47-44-41-38-35-32-24-21-18-15-12-9-6-3)61-55(58)49-46-43-40-37-34-31-28-26-23-20-17-14-11-8-5-2/h8,11,14,17,20,23,26,28,52H,4-7,9-10,12-13,15-16,18-19,21-22,24-25,27,29-51H2,1-3H3/b11-8-,17-14-,23-20-,28-26-. The highest BCUT2D eigenvalue weighted by Gasteiger charge is 2.19. The number of unbranched alkanes of at least 4 members (excludes halogenated alkanes) is 31. The first-order valence-corrected chi connectivity index (χ1v) is 26.2. The summed E-state index contributed by atoms with van der Waals surface area (Å²) in [6, 6.07) is 0. The van der Waals surface area contributed by atoms with E-state index in [0.29, 0.717) is 19.3 Å². The zero-order chi connectivity index (χ0) is 44.4. The smallest absolute Gasteiger partial charge is 0.306 e. The molecule has 1 unspecified atom stereocenters. The molecule has 0 aliphatic rings. The summed E-state index contributed by atoms with van der Waals surface area (Å²) in [5.74, 6) is -0.892. The molecule has 61 heavy (non-hydrogen) atoms. The van der Waals surface area contributed by atoms with Crippen LogP contribution in [-0.2, 0) is 28.6 Å². The van der Waals surface area contributed by atoms with Crippen LogP contribution in [0.5, 0.6) is 0 Å². The largest absolute Gasteiger partial charge is 0.462 e. The van der Waals surface area contributed by atoms with Crippen molar-refractivity contribution >= 4 is 17.9 Å². The van der Waals surface area contributed by atoms with Crippen LogP contribution in [0, 0.1) is 0 Å². The van der Waals surface area contributed by atoms with E-state index >= 15 is 0 Å². The minimum absolute atomic E-state index is 0.0792. The van der Waals surface area contributed by atoms with Crippen molar-refractivity contribution in [3.8, 4) is 0 Å². The monoisotopic (exact) mass is 855 g/mol. The van der Waals surface area contributed by atoms with Crippen molar-refractivity contribution in [2.45, 2.75) is 271 Å². The number of allylic oxidation sites excluding steroid dienone is 8. The van der Waals surface area contributed by atoms with Gasteiger partial charge in [0.15, 0.2) is 6.10 Å². The van der Waals surface area contributed by atoms with Gasteiger partial charge >= 0.3 is 17.9 Å². The average molecular weight is 855 g/mol. The Morgan fingerprint density at radius 3 is 1.00 bits per heavy atom. The highest BCUT2D eigenvalue weighted by atomic mass is 16.6. The van der Waals surface area contributed by atoms with Crippen molar-refractivity contribution in [2.75, 3.05) is 13.2 Å². The second-order valence-electron chi connectivity index (χ2n) is 17.5. The Morgan fingerprint density at radius 1 is 0.344 bits per heavy atom. The molecule has 0 aliphatic carbocycles. The lowest BCUT2D eigenvalue weighted by Gasteiger charge is -2.18. The number of hydrogen-bond acceptors (Lipinski definition) is 6. The van der Waals surface area contributed by atoms with Gasteiger partial charge in [-0.2, -0.15) is 0 Å². The molecule has 0 aromatic carbocycles. The van der Waals surface area contributed by atoms with E-state index in [1.807, 2.05) is 18.2 Å². The molecule has 0 bridgehead atoms. The normalized spacial score (nSPS) is 12.4. The van der Waals surface area contributed by atoms with Crippen molar-refractivity contribution < 1.29 is 28.6 Å². The van der Waals surface area contributed by atoms with Crippen molar-refractivity contribution in [1.82, 2.24) is 0 Å². The highest BCUT2D eigenvalue weighted by molar-refractivity contribution is 5.71. The number of rotatable bonds is 47. The van der Waals surface area contributed by atoms with Crippen molar-refractivity contribution in [3.05, 3.63) is 48.6 Å². The molecule has 354 valence electrons. The molecule has 0 amide bonds. The van der Waals surface area contributed by atoms with Gasteiger partial charge < -0.3 is 14.2 Å². The molecule has 0 spiro atoms. The van der Waals surface area contributed by atoms with Gasteiger partial charge in [0, 0.05) is 19.3 Å². The zero-order valence-corrected chi connectivity index (χ0v) is 40.4. The molecule has 0 radical (unpaired) electrons. The Balaban J connectivity index is 4.38. The predicted molar refractivity (Wildman–Crippen MR) is 261 cm³/mol. The van der Waals surface area contributed by atoms with Crippen LogP contribution in [0.25, 0.3) is 0 Å². The molecular weight excluding hydrogens is 757 g/mol. The summed E-state index contributed by atoms with van der Waals surface area (Å²) in [5.41, 5.74) is 0. The van der Waals surface area contributed by atoms with Gasteiger partial charge in [-0.05, 0) is 38.5 Å². The lowest BCUT2D eigenvalue weighted by atomic mass is 10.0. The van der Waals surface area contributed by atoms with Gasteiger partial charge in [-0.15, -0.1) is 0 Å². The summed E-state index contributed by atoms with van der Waals surface area (Å²) in [4.78, 5) is 38.0. The summed E-state index contributed by atoms with van der Waals surface area (Å²) in [5, 5.41) is 0. The first kappa shape index (κ1) is 58.4. The maximum atomic E-state index is 12.8. The predicted octanol–water partition coefficient (Wildman–Crippen LogP) is 17.1. The summed E-state index contributed by atoms with van der Waals surface area (Å²) in [7, 11) is 0. The van der Waals surface area contributed by atoms with Crippen LogP contribution in [0.15, 0.2) is 48.6 Å². The maximum absolute atomic E-state index is 12.8. The highest BCUT2D eigenvalue weighted by Crippen LogP contribution is 2.16. The molecule has 0 aromatic heterocycles. The van der Waals surface area contributed by atoms with Crippen molar-refractivity contribution in [3.63, 3.8) is 0 Å². The van der Waals surface area contributed by atoms with E-state index in [9.17, 15) is 14.4 Å². The lowest BCUT2D eigenvalue weighted by Crippen LogP contribution is -2.30. The van der Waals surface area contributed by atoms with Crippen LogP contribution < -0.4 is 0 Å². The lowest BCUT2D eigenvalue weighted by molar-refractivity contribution is -0.167. The van der Waals surface area contributed by atoms with E-state index < -0.39 is 6.10 Å². The number of ether oxygens (including phenoxy) is 3. The fraction of sp³-hybridized carbons (Fsp3) is 0.800. The second kappa shape index (κ2) is 50.0. The minimum atomic E-state index is -0.780. The molecule has 0 rings (SSSR count). The summed E-state index contributed by atoms with van der Waals surface area (Å²) in [6.45, 7) is 6.50. The average Bonchev–Trinajstić information content (AvgIpc) is 3.26. The number of esters is 3. The zero-order valence-electron chi connectivity index (χ0n) is 40.4. The molecule has 0 saturated carbocycles. The fourth-order valence-electron chi connectivity index (χ4n) is 7.51. The summed E-state index contributed by atoms with van der Waals surface area (Å²) >= 11 is 0. The second-order valence-corrected chi connectivity index (χ2v) is 17.5. The van der Waals surface area contributed by atoms with Gasteiger partial charge in [-0.1, -0.05) is 256 Å². The maximum Gasteiger partial charge on any atom is 0.306 e. The van der Waals surface area contributed by atoms with Gasteiger partial charge in [0.25, 0.3) is 0 Å². The Labute approximate surface area is 378 Å². The van der Waals surface area contributed by atoms with E-state index in [0.717, 1.165) is 83.5 Å². The van der Waals surface area contributed by atoms with Crippen LogP contribution in [0.2, 0.25) is 0 Å². The molecule has 0 heterocycles. The summed E-state index contributed by atoms with van der Waals surface area (Å²) < 4.78 is 16.8. The van der Waals surface area contributed by atoms with Gasteiger partial charge in [0.2, 0.25) is 0 Å². The van der Waals surface area contributed by atoms with Crippen LogP contribution >= 0.6 is 0 Å². The van der Waals surface area contributed by atoms with Crippen molar-refractivity contribution in [2.24, 2.45) is 0 Å². The van der Waals surface area contributed by atoms with E-state index in [1.165, 1.54) is 141 Å². The third-order valence-electron chi connectivity index (χ3n) is 11.4. The molecule has 6 nitrogen and oxygen atoms in total. The Morgan fingerprint density at radius 2 is 0.639 bits per heavy atom. The third kappa shape index (κ3) is 48.3. The van der Waals surface area contributed by atoms with Crippen LogP contribution in [-0.4, -0.2) is 37.2 Å². The topological polar surface area (TPSA) is 78.9 Å². The van der Waals surface area contributed by atoms with Gasteiger partial charge in [-0.3, -0.25) is 14.4 Å². The number of carbonyl (C=O) groups excluding carboxylic acids is 3. The number of hydrogen-bond donors (Lipinski definition) is 0. The van der Waals surface area contributed by atoms with E-state index in [1.54, 1.807) is 0 Å². The SMILES string of the molecule is CC\C=C/C=C\C=C/C=C\CCCCCCCC(=O)OC(COC(=O)CCCCCCCCCCCCCC)COC(=O)CCCCCCCCCCCCCCCCCC. The minimum Gasteiger partial charge on any atom is -0.462 e. The van der Waals surface area contributed by atoms with Crippen LogP contribution in [0.3, 0.4) is 0 Å². The van der Waals surface area contributed by atoms with Crippen LogP contribution in [0.1, 0.15) is 265 Å². The van der Waals surface area contributed by atoms with E-state index in [4.69, 9.17) is 14.2 Å². The molecule has 0 aliphatic heterocycles. The van der Waals surface area contributed by atoms with Crippen molar-refractivity contribution in [1.29, 1.82) is 0 Å². The Hall–Kier alpha value is -2.63. The molecular formula is C55H98O6. The van der Waals surface area contributed by atoms with Crippen LogP contribution in [0.4, 0.5) is 0 Å². The molecule has 0 saturated heterocycles. The quantitative estimate of drug-likeness (QED) is 0.0263. The molecule has 0 fully saturated rings. The summed E-state index contributed by atoms with van der Waals surface area (Å²) in [6.07, 6.45) is 59.5.